The number of aliphatic imine (C=N–C) groups is 1. The second kappa shape index (κ2) is 8.95. The lowest BCUT2D eigenvalue weighted by atomic mass is 9.71. The highest BCUT2D eigenvalue weighted by molar-refractivity contribution is 6.34. The van der Waals surface area contributed by atoms with Gasteiger partial charge in [0.05, 0.1) is 22.2 Å². The van der Waals surface area contributed by atoms with Gasteiger partial charge in [-0.3, -0.25) is 14.6 Å². The number of halogens is 5. The molecular weight excluding hydrogens is 476 g/mol. The Bertz CT molecular complexity index is 1200. The number of nitrogens with zero attached hydrogens (tertiary/aromatic N) is 1. The van der Waals surface area contributed by atoms with E-state index in [1.165, 1.54) is 0 Å². The zero-order valence-electron chi connectivity index (χ0n) is 17.5. The number of amides is 1. The predicted octanol–water partition coefficient (Wildman–Crippen LogP) is 6.83. The van der Waals surface area contributed by atoms with Gasteiger partial charge in [0.1, 0.15) is 0 Å². The molecule has 2 aliphatic rings. The van der Waals surface area contributed by atoms with E-state index in [1.807, 2.05) is 0 Å². The Kier molecular flexibility index (Phi) is 6.38. The summed E-state index contributed by atoms with van der Waals surface area (Å²) in [4.78, 5) is 30.9. The van der Waals surface area contributed by atoms with Crippen molar-refractivity contribution < 1.29 is 22.8 Å². The van der Waals surface area contributed by atoms with E-state index < -0.39 is 29.5 Å². The van der Waals surface area contributed by atoms with Gasteiger partial charge in [-0.2, -0.15) is 13.2 Å². The van der Waals surface area contributed by atoms with E-state index in [-0.39, 0.29) is 16.5 Å². The lowest BCUT2D eigenvalue weighted by molar-refractivity contribution is -0.137. The van der Waals surface area contributed by atoms with Gasteiger partial charge in [0, 0.05) is 34.3 Å². The van der Waals surface area contributed by atoms with Gasteiger partial charge in [-0.1, -0.05) is 41.4 Å². The Hall–Kier alpha value is -2.64. The minimum absolute atomic E-state index is 0.0373. The molecule has 0 radical (unpaired) electrons. The number of nitrogens with one attached hydrogen (secondary N) is 1. The van der Waals surface area contributed by atoms with Crippen LogP contribution in [-0.2, 0) is 15.8 Å². The zero-order chi connectivity index (χ0) is 23.9. The molecule has 1 amide bonds. The standard InChI is InChI=1S/C24H19Cl2F3N2O2/c1-12-20(23(33)31-18-11-13(24(27,28)29)9-10-16(18)26)21(14-5-2-3-6-15(14)25)22-17(30-12)7-4-8-19(22)32/h2-3,5-6,9-11,20-21H,4,7-8H2,1H3,(H,31,33)/t20?,21-/m1/s1. The summed E-state index contributed by atoms with van der Waals surface area (Å²) in [5.41, 5.74) is 1.01. The summed E-state index contributed by atoms with van der Waals surface area (Å²) in [6, 6.07) is 9.63. The van der Waals surface area contributed by atoms with Crippen molar-refractivity contribution >= 4 is 46.3 Å². The molecule has 172 valence electrons. The van der Waals surface area contributed by atoms with Gasteiger partial charge in [-0.25, -0.2) is 0 Å². The van der Waals surface area contributed by atoms with Crippen LogP contribution in [0.15, 0.2) is 58.7 Å². The molecule has 1 heterocycles. The molecule has 4 rings (SSSR count). The first-order valence-electron chi connectivity index (χ1n) is 10.3. The molecule has 0 spiro atoms. The monoisotopic (exact) mass is 494 g/mol. The lowest BCUT2D eigenvalue weighted by Crippen LogP contribution is -2.39. The van der Waals surface area contributed by atoms with E-state index in [0.29, 0.717) is 46.8 Å². The number of rotatable bonds is 3. The van der Waals surface area contributed by atoms with E-state index in [4.69, 9.17) is 23.2 Å². The first kappa shape index (κ1) is 23.5. The van der Waals surface area contributed by atoms with Crippen LogP contribution in [0.2, 0.25) is 10.0 Å². The molecule has 1 aliphatic heterocycles. The van der Waals surface area contributed by atoms with Crippen molar-refractivity contribution in [2.45, 2.75) is 38.3 Å². The number of hydrogen-bond acceptors (Lipinski definition) is 3. The molecule has 1 aliphatic carbocycles. The summed E-state index contributed by atoms with van der Waals surface area (Å²) >= 11 is 12.5. The average molecular weight is 495 g/mol. The number of anilines is 1. The van der Waals surface area contributed by atoms with Crippen LogP contribution < -0.4 is 5.32 Å². The van der Waals surface area contributed by atoms with Crippen molar-refractivity contribution in [3.05, 3.63) is 74.9 Å². The van der Waals surface area contributed by atoms with E-state index >= 15 is 0 Å². The SMILES string of the molecule is CC1=NC2=C(C(=O)CCC2)[C@H](c2ccccc2Cl)C1C(=O)Nc1cc(C(F)(F)F)ccc1Cl. The molecule has 33 heavy (non-hydrogen) atoms. The molecule has 0 bridgehead atoms. The summed E-state index contributed by atoms with van der Waals surface area (Å²) in [7, 11) is 0. The molecule has 2 atom stereocenters. The van der Waals surface area contributed by atoms with Crippen LogP contribution in [0.1, 0.15) is 43.2 Å². The molecule has 9 heteroatoms. The quantitative estimate of drug-likeness (QED) is 0.508. The molecular formula is C24H19Cl2F3N2O2. The van der Waals surface area contributed by atoms with Crippen molar-refractivity contribution in [3.8, 4) is 0 Å². The van der Waals surface area contributed by atoms with Crippen LogP contribution in [0.5, 0.6) is 0 Å². The third-order valence-corrected chi connectivity index (χ3v) is 6.58. The molecule has 0 saturated heterocycles. The van der Waals surface area contributed by atoms with E-state index in [9.17, 15) is 22.8 Å². The van der Waals surface area contributed by atoms with Gasteiger partial charge in [-0.05, 0) is 49.6 Å². The molecule has 0 fully saturated rings. The number of Topliss-reactive ketones (excluding diaryl/α,β-unsaturated/α-hetero) is 1. The minimum atomic E-state index is -4.60. The normalized spacial score (nSPS) is 20.9. The highest BCUT2D eigenvalue weighted by Gasteiger charge is 2.43. The van der Waals surface area contributed by atoms with Crippen LogP contribution in [0.4, 0.5) is 18.9 Å². The summed E-state index contributed by atoms with van der Waals surface area (Å²) in [6.07, 6.45) is -2.99. The van der Waals surface area contributed by atoms with E-state index in [2.05, 4.69) is 10.3 Å². The Morgan fingerprint density at radius 2 is 1.82 bits per heavy atom. The molecule has 2 aromatic rings. The number of carbonyl (C=O) groups is 2. The Morgan fingerprint density at radius 3 is 2.52 bits per heavy atom. The Labute approximate surface area is 198 Å². The van der Waals surface area contributed by atoms with Crippen molar-refractivity contribution in [1.29, 1.82) is 0 Å². The van der Waals surface area contributed by atoms with Crippen LogP contribution in [-0.4, -0.2) is 17.4 Å². The van der Waals surface area contributed by atoms with E-state index in [0.717, 1.165) is 18.2 Å². The maximum absolute atomic E-state index is 13.5. The van der Waals surface area contributed by atoms with Crippen LogP contribution in [0, 0.1) is 5.92 Å². The van der Waals surface area contributed by atoms with Gasteiger partial charge < -0.3 is 5.32 Å². The number of carbonyl (C=O) groups excluding carboxylic acids is 2. The maximum Gasteiger partial charge on any atom is 0.416 e. The van der Waals surface area contributed by atoms with Gasteiger partial charge in [-0.15, -0.1) is 0 Å². The van der Waals surface area contributed by atoms with Gasteiger partial charge in [0.25, 0.3) is 0 Å². The lowest BCUT2D eigenvalue weighted by Gasteiger charge is -2.35. The number of benzene rings is 2. The summed E-state index contributed by atoms with van der Waals surface area (Å²) < 4.78 is 39.5. The van der Waals surface area contributed by atoms with Gasteiger partial charge in [0.15, 0.2) is 5.78 Å². The maximum atomic E-state index is 13.5. The van der Waals surface area contributed by atoms with Crippen molar-refractivity contribution in [1.82, 2.24) is 0 Å². The minimum Gasteiger partial charge on any atom is -0.324 e. The van der Waals surface area contributed by atoms with E-state index in [1.54, 1.807) is 31.2 Å². The largest absolute Gasteiger partial charge is 0.416 e. The molecule has 0 saturated carbocycles. The van der Waals surface area contributed by atoms with Crippen molar-refractivity contribution in [3.63, 3.8) is 0 Å². The molecule has 1 N–H and O–H groups in total. The van der Waals surface area contributed by atoms with Crippen molar-refractivity contribution in [2.24, 2.45) is 10.9 Å². The van der Waals surface area contributed by atoms with Crippen LogP contribution in [0.3, 0.4) is 0 Å². The zero-order valence-corrected chi connectivity index (χ0v) is 19.0. The van der Waals surface area contributed by atoms with Crippen molar-refractivity contribution in [2.75, 3.05) is 5.32 Å². The first-order valence-corrected chi connectivity index (χ1v) is 11.1. The first-order chi connectivity index (χ1) is 15.6. The fraction of sp³-hybridized carbons (Fsp3) is 0.292. The highest BCUT2D eigenvalue weighted by Crippen LogP contribution is 2.45. The molecule has 0 aromatic heterocycles. The summed E-state index contributed by atoms with van der Waals surface area (Å²) in [5, 5.41) is 2.87. The predicted molar refractivity (Wildman–Crippen MR) is 122 cm³/mol. The fourth-order valence-electron chi connectivity index (χ4n) is 4.42. The van der Waals surface area contributed by atoms with Crippen LogP contribution in [0.25, 0.3) is 0 Å². The summed E-state index contributed by atoms with van der Waals surface area (Å²) in [6.45, 7) is 1.67. The summed E-state index contributed by atoms with van der Waals surface area (Å²) in [5.74, 6) is -2.38. The second-order valence-corrected chi connectivity index (χ2v) is 8.86. The highest BCUT2D eigenvalue weighted by atomic mass is 35.5. The third kappa shape index (κ3) is 4.57. The topological polar surface area (TPSA) is 58.5 Å². The van der Waals surface area contributed by atoms with Gasteiger partial charge >= 0.3 is 6.18 Å². The fourth-order valence-corrected chi connectivity index (χ4v) is 4.84. The Balaban J connectivity index is 1.78. The molecule has 2 aromatic carbocycles. The van der Waals surface area contributed by atoms with Gasteiger partial charge in [0.2, 0.25) is 5.91 Å². The smallest absolute Gasteiger partial charge is 0.324 e. The molecule has 1 unspecified atom stereocenters. The number of hydrogen-bond donors (Lipinski definition) is 1. The second-order valence-electron chi connectivity index (χ2n) is 8.05. The number of ketones is 1. The van der Waals surface area contributed by atoms with Crippen LogP contribution >= 0.6 is 23.2 Å². The number of allylic oxidation sites excluding steroid dienone is 2. The Morgan fingerprint density at radius 1 is 1.09 bits per heavy atom. The molecule has 4 nitrogen and oxygen atoms in total. The number of alkyl halides is 3. The third-order valence-electron chi connectivity index (χ3n) is 5.91. The average Bonchev–Trinajstić information content (AvgIpc) is 2.74.